The number of nitrogen functional groups attached to an aromatic ring is 2. The van der Waals surface area contributed by atoms with Crippen LogP contribution in [-0.4, -0.2) is 15.9 Å². The number of aromatic nitrogens is 3. The number of carbonyl (C=O) groups is 1. The van der Waals surface area contributed by atoms with Crippen LogP contribution in [0.3, 0.4) is 0 Å². The summed E-state index contributed by atoms with van der Waals surface area (Å²) in [5.41, 5.74) is 17.2. The van der Waals surface area contributed by atoms with Crippen LogP contribution in [0.2, 0.25) is 0 Å². The fourth-order valence-corrected chi connectivity index (χ4v) is 3.49. The zero-order chi connectivity index (χ0) is 22.8. The van der Waals surface area contributed by atoms with Crippen LogP contribution in [0.1, 0.15) is 27.3 Å². The van der Waals surface area contributed by atoms with Gasteiger partial charge < -0.3 is 16.4 Å². The van der Waals surface area contributed by atoms with Gasteiger partial charge in [0.2, 0.25) is 5.82 Å². The molecule has 0 aliphatic carbocycles. The van der Waals surface area contributed by atoms with Gasteiger partial charge in [-0.05, 0) is 43.7 Å². The molecular formula is C24H26N7O+. The van der Waals surface area contributed by atoms with Crippen molar-refractivity contribution in [2.45, 2.75) is 20.4 Å². The predicted octanol–water partition coefficient (Wildman–Crippen LogP) is 3.10. The second kappa shape index (κ2) is 8.50. The molecule has 0 atom stereocenters. The molecule has 32 heavy (non-hydrogen) atoms. The lowest BCUT2D eigenvalue weighted by Crippen LogP contribution is -2.37. The number of hydrogen-bond donors (Lipinski definition) is 4. The van der Waals surface area contributed by atoms with Crippen molar-refractivity contribution in [2.75, 3.05) is 22.1 Å². The molecule has 0 saturated carbocycles. The highest BCUT2D eigenvalue weighted by molar-refractivity contribution is 6.13. The number of anilines is 4. The summed E-state index contributed by atoms with van der Waals surface area (Å²) in [6, 6.07) is 16.8. The molecule has 8 nitrogen and oxygen atoms in total. The fraction of sp³-hybridized carbons (Fsp3) is 0.167. The fourth-order valence-electron chi connectivity index (χ4n) is 3.49. The zero-order valence-corrected chi connectivity index (χ0v) is 18.3. The molecule has 4 rings (SSSR count). The zero-order valence-electron chi connectivity index (χ0n) is 18.3. The Kier molecular flexibility index (Phi) is 5.59. The van der Waals surface area contributed by atoms with E-state index in [1.165, 1.54) is 0 Å². The second-order valence-electron chi connectivity index (χ2n) is 7.76. The van der Waals surface area contributed by atoms with E-state index in [4.69, 9.17) is 11.5 Å². The van der Waals surface area contributed by atoms with Gasteiger partial charge in [-0.2, -0.15) is 0 Å². The minimum Gasteiger partial charge on any atom is -0.398 e. The van der Waals surface area contributed by atoms with Crippen LogP contribution in [0.5, 0.6) is 0 Å². The average Bonchev–Trinajstić information content (AvgIpc) is 2.76. The van der Waals surface area contributed by atoms with Gasteiger partial charge in [-0.25, -0.2) is 4.57 Å². The van der Waals surface area contributed by atoms with Crippen LogP contribution in [-0.2, 0) is 13.6 Å². The van der Waals surface area contributed by atoms with Gasteiger partial charge in [0.15, 0.2) is 0 Å². The molecule has 2 aromatic heterocycles. The molecule has 0 unspecified atom stereocenters. The highest BCUT2D eigenvalue weighted by Gasteiger charge is 2.14. The molecule has 0 saturated heterocycles. The van der Waals surface area contributed by atoms with Gasteiger partial charge in [0, 0.05) is 35.1 Å². The first kappa shape index (κ1) is 21.0. The molecule has 2 aromatic carbocycles. The Morgan fingerprint density at radius 1 is 1.03 bits per heavy atom. The maximum Gasteiger partial charge on any atom is 0.391 e. The molecule has 1 amide bonds. The van der Waals surface area contributed by atoms with E-state index in [0.29, 0.717) is 40.8 Å². The third kappa shape index (κ3) is 4.29. The largest absolute Gasteiger partial charge is 0.398 e. The van der Waals surface area contributed by atoms with Crippen molar-refractivity contribution < 1.29 is 9.36 Å². The van der Waals surface area contributed by atoms with Crippen molar-refractivity contribution in [1.82, 2.24) is 9.97 Å². The molecular weight excluding hydrogens is 402 g/mol. The number of fused-ring (bicyclic) bond motifs is 1. The lowest BCUT2D eigenvalue weighted by molar-refractivity contribution is -0.665. The highest BCUT2D eigenvalue weighted by atomic mass is 16.1. The molecule has 0 spiro atoms. The Hall–Kier alpha value is -4.20. The normalized spacial score (nSPS) is 10.8. The van der Waals surface area contributed by atoms with E-state index >= 15 is 0 Å². The van der Waals surface area contributed by atoms with Crippen LogP contribution < -0.4 is 26.7 Å². The number of nitrogens with two attached hydrogens (primary N) is 2. The van der Waals surface area contributed by atoms with Crippen LogP contribution in [0.4, 0.5) is 23.1 Å². The van der Waals surface area contributed by atoms with Crippen molar-refractivity contribution in [2.24, 2.45) is 7.05 Å². The number of nitrogens with zero attached hydrogens (tertiary/aromatic N) is 3. The molecule has 2 heterocycles. The minimum absolute atomic E-state index is 0.230. The van der Waals surface area contributed by atoms with Crippen molar-refractivity contribution in [3.05, 3.63) is 77.1 Å². The number of pyridine rings is 1. The highest BCUT2D eigenvalue weighted by Crippen LogP contribution is 2.24. The number of aryl methyl sites for hydroxylation is 2. The van der Waals surface area contributed by atoms with Gasteiger partial charge in [-0.15, -0.1) is 0 Å². The standard InChI is InChI=1S/C24H25N7O/c1-14-11-20(25)18-5-4-6-19(22(18)28-14)23(32)29-17-9-7-16(8-10-17)13-27-21-12-15(2)31(3)24(26)30-21/h4-12H,13H2,1-3H3,(H5,25,26,27,28,29,30,32)/p+1. The SMILES string of the molecule is Cc1cc(N)c2cccc(C(=O)Nc3ccc(CNc4cc(C)[n+](C)c(N)n4)cc3)c2n1. The summed E-state index contributed by atoms with van der Waals surface area (Å²) in [7, 11) is 1.87. The molecule has 0 aliphatic rings. The molecule has 162 valence electrons. The van der Waals surface area contributed by atoms with Crippen molar-refractivity contribution >= 4 is 40.0 Å². The Morgan fingerprint density at radius 2 is 1.78 bits per heavy atom. The Labute approximate surface area is 186 Å². The van der Waals surface area contributed by atoms with E-state index in [1.807, 2.05) is 67.9 Å². The first-order valence-electron chi connectivity index (χ1n) is 10.2. The first-order chi connectivity index (χ1) is 15.3. The van der Waals surface area contributed by atoms with Crippen LogP contribution in [0.15, 0.2) is 54.6 Å². The second-order valence-corrected chi connectivity index (χ2v) is 7.76. The van der Waals surface area contributed by atoms with Gasteiger partial charge in [-0.1, -0.05) is 29.2 Å². The summed E-state index contributed by atoms with van der Waals surface area (Å²) in [6.45, 7) is 4.42. The average molecular weight is 429 g/mol. The number of benzene rings is 2. The number of rotatable bonds is 5. The molecule has 0 fully saturated rings. The third-order valence-electron chi connectivity index (χ3n) is 5.38. The molecule has 0 aliphatic heterocycles. The van der Waals surface area contributed by atoms with E-state index < -0.39 is 0 Å². The van der Waals surface area contributed by atoms with E-state index in [0.717, 1.165) is 22.3 Å². The van der Waals surface area contributed by atoms with Gasteiger partial charge >= 0.3 is 5.95 Å². The van der Waals surface area contributed by atoms with Gasteiger partial charge in [0.25, 0.3) is 5.91 Å². The van der Waals surface area contributed by atoms with Crippen LogP contribution in [0.25, 0.3) is 10.9 Å². The van der Waals surface area contributed by atoms with Crippen LogP contribution in [0, 0.1) is 13.8 Å². The summed E-state index contributed by atoms with van der Waals surface area (Å²) in [6.07, 6.45) is 0. The summed E-state index contributed by atoms with van der Waals surface area (Å²) in [5, 5.41) is 6.98. The molecule has 0 radical (unpaired) electrons. The first-order valence-corrected chi connectivity index (χ1v) is 10.2. The molecule has 4 aromatic rings. The van der Waals surface area contributed by atoms with Crippen molar-refractivity contribution in [3.63, 3.8) is 0 Å². The van der Waals surface area contributed by atoms with Crippen LogP contribution >= 0.6 is 0 Å². The molecule has 6 N–H and O–H groups in total. The van der Waals surface area contributed by atoms with E-state index in [-0.39, 0.29) is 5.91 Å². The number of amides is 1. The van der Waals surface area contributed by atoms with E-state index in [1.54, 1.807) is 12.1 Å². The summed E-state index contributed by atoms with van der Waals surface area (Å²) < 4.78 is 1.82. The molecule has 0 bridgehead atoms. The van der Waals surface area contributed by atoms with E-state index in [2.05, 4.69) is 20.6 Å². The maximum atomic E-state index is 12.9. The van der Waals surface area contributed by atoms with E-state index in [9.17, 15) is 4.79 Å². The Bertz CT molecular complexity index is 1290. The number of para-hydroxylation sites is 1. The maximum absolute atomic E-state index is 12.9. The Morgan fingerprint density at radius 3 is 2.50 bits per heavy atom. The molecule has 8 heteroatoms. The minimum atomic E-state index is -0.230. The number of nitrogens with one attached hydrogen (secondary N) is 2. The van der Waals surface area contributed by atoms with Gasteiger partial charge in [-0.3, -0.25) is 15.5 Å². The van der Waals surface area contributed by atoms with Gasteiger partial charge in [0.1, 0.15) is 0 Å². The predicted molar refractivity (Wildman–Crippen MR) is 127 cm³/mol. The smallest absolute Gasteiger partial charge is 0.391 e. The monoisotopic (exact) mass is 428 g/mol. The number of carbonyl (C=O) groups excluding carboxylic acids is 1. The third-order valence-corrected chi connectivity index (χ3v) is 5.38. The lowest BCUT2D eigenvalue weighted by Gasteiger charge is -2.10. The lowest BCUT2D eigenvalue weighted by atomic mass is 10.1. The van der Waals surface area contributed by atoms with Crippen molar-refractivity contribution in [3.8, 4) is 0 Å². The van der Waals surface area contributed by atoms with Crippen molar-refractivity contribution in [1.29, 1.82) is 0 Å². The summed E-state index contributed by atoms with van der Waals surface area (Å²) in [5.74, 6) is 0.935. The Balaban J connectivity index is 1.46. The summed E-state index contributed by atoms with van der Waals surface area (Å²) in [4.78, 5) is 21.8. The quantitative estimate of drug-likeness (QED) is 0.362. The van der Waals surface area contributed by atoms with Gasteiger partial charge in [0.05, 0.1) is 23.8 Å². The topological polar surface area (TPSA) is 123 Å². The summed E-state index contributed by atoms with van der Waals surface area (Å²) >= 11 is 0. The number of hydrogen-bond acceptors (Lipinski definition) is 6.